The van der Waals surface area contributed by atoms with Crippen molar-refractivity contribution in [2.75, 3.05) is 19.7 Å². The van der Waals surface area contributed by atoms with Crippen LogP contribution in [0.2, 0.25) is 0 Å². The summed E-state index contributed by atoms with van der Waals surface area (Å²) in [4.78, 5) is 25.4. The first-order chi connectivity index (χ1) is 12.0. The Bertz CT molecular complexity index is 660. The molecule has 2 heterocycles. The first kappa shape index (κ1) is 17.8. The van der Waals surface area contributed by atoms with E-state index in [-0.39, 0.29) is 23.5 Å². The average molecular weight is 352 g/mol. The van der Waals surface area contributed by atoms with E-state index in [9.17, 15) is 18.4 Å². The number of likely N-dealkylation sites (tertiary alicyclic amines) is 1. The van der Waals surface area contributed by atoms with E-state index >= 15 is 0 Å². The Morgan fingerprint density at radius 3 is 2.56 bits per heavy atom. The van der Waals surface area contributed by atoms with Crippen LogP contribution in [0.3, 0.4) is 0 Å². The minimum atomic E-state index is -0.837. The predicted molar refractivity (Wildman–Crippen MR) is 86.6 cm³/mol. The fourth-order valence-corrected chi connectivity index (χ4v) is 3.74. The number of ether oxygens (including phenoxy) is 1. The lowest BCUT2D eigenvalue weighted by molar-refractivity contribution is -0.123. The number of carbonyl (C=O) groups excluding carboxylic acids is 2. The lowest BCUT2D eigenvalue weighted by Gasteiger charge is -2.33. The summed E-state index contributed by atoms with van der Waals surface area (Å²) in [5, 5.41) is 0. The summed E-state index contributed by atoms with van der Waals surface area (Å²) in [5.74, 6) is -2.16. The lowest BCUT2D eigenvalue weighted by Crippen LogP contribution is -2.40. The van der Waals surface area contributed by atoms with Crippen molar-refractivity contribution in [2.45, 2.75) is 31.8 Å². The normalized spacial score (nSPS) is 24.5. The van der Waals surface area contributed by atoms with Crippen LogP contribution < -0.4 is 5.73 Å². The first-order valence-electron chi connectivity index (χ1n) is 8.61. The van der Waals surface area contributed by atoms with E-state index in [0.29, 0.717) is 32.0 Å². The molecule has 2 fully saturated rings. The highest BCUT2D eigenvalue weighted by molar-refractivity contribution is 5.94. The van der Waals surface area contributed by atoms with Gasteiger partial charge in [-0.1, -0.05) is 0 Å². The SMILES string of the molecule is NC(=O)[C@@H]1CCO[C@@H]1CC1CCN(C(=O)c2ccc(F)cc2F)CC1. The van der Waals surface area contributed by atoms with Crippen LogP contribution in [0.5, 0.6) is 0 Å². The molecule has 5 nitrogen and oxygen atoms in total. The molecule has 2 atom stereocenters. The van der Waals surface area contributed by atoms with Gasteiger partial charge in [-0.25, -0.2) is 8.78 Å². The number of primary amides is 1. The number of rotatable bonds is 4. The highest BCUT2D eigenvalue weighted by atomic mass is 19.1. The molecule has 0 aromatic heterocycles. The number of nitrogens with two attached hydrogens (primary N) is 1. The molecule has 0 saturated carbocycles. The minimum Gasteiger partial charge on any atom is -0.377 e. The number of benzene rings is 1. The molecule has 0 radical (unpaired) electrons. The number of halogens is 2. The number of hydrogen-bond donors (Lipinski definition) is 1. The van der Waals surface area contributed by atoms with E-state index in [4.69, 9.17) is 10.5 Å². The molecule has 1 aromatic rings. The summed E-state index contributed by atoms with van der Waals surface area (Å²) >= 11 is 0. The second-order valence-electron chi connectivity index (χ2n) is 6.80. The highest BCUT2D eigenvalue weighted by Crippen LogP contribution is 2.31. The van der Waals surface area contributed by atoms with Gasteiger partial charge in [-0.3, -0.25) is 9.59 Å². The molecule has 2 aliphatic heterocycles. The topological polar surface area (TPSA) is 72.6 Å². The molecule has 0 spiro atoms. The monoisotopic (exact) mass is 352 g/mol. The number of nitrogens with zero attached hydrogens (tertiary/aromatic N) is 1. The van der Waals surface area contributed by atoms with Gasteiger partial charge in [0.25, 0.3) is 5.91 Å². The smallest absolute Gasteiger partial charge is 0.256 e. The molecule has 0 aliphatic carbocycles. The highest BCUT2D eigenvalue weighted by Gasteiger charge is 2.35. The van der Waals surface area contributed by atoms with Gasteiger partial charge in [0.1, 0.15) is 11.6 Å². The second kappa shape index (κ2) is 7.47. The van der Waals surface area contributed by atoms with Crippen molar-refractivity contribution in [1.82, 2.24) is 4.90 Å². The number of carbonyl (C=O) groups is 2. The van der Waals surface area contributed by atoms with Crippen molar-refractivity contribution in [2.24, 2.45) is 17.6 Å². The predicted octanol–water partition coefficient (Wildman–Crippen LogP) is 2.10. The standard InChI is InChI=1S/C18H22F2N2O3/c19-12-1-2-13(15(20)10-12)18(24)22-6-3-11(4-7-22)9-16-14(17(21)23)5-8-25-16/h1-2,10-11,14,16H,3-9H2,(H2,21,23)/t14-,16-/m1/s1. The molecular formula is C18H22F2N2O3. The molecule has 2 aliphatic rings. The molecule has 2 N–H and O–H groups in total. The maximum absolute atomic E-state index is 13.8. The van der Waals surface area contributed by atoms with Gasteiger partial charge in [-0.2, -0.15) is 0 Å². The van der Waals surface area contributed by atoms with Gasteiger partial charge in [0.15, 0.2) is 0 Å². The molecule has 25 heavy (non-hydrogen) atoms. The third kappa shape index (κ3) is 3.98. The Hall–Kier alpha value is -2.02. The lowest BCUT2D eigenvalue weighted by atomic mass is 9.86. The van der Waals surface area contributed by atoms with Crippen LogP contribution in [0.1, 0.15) is 36.0 Å². The Kier molecular flexibility index (Phi) is 5.32. The third-order valence-electron chi connectivity index (χ3n) is 5.20. The molecule has 2 amide bonds. The van der Waals surface area contributed by atoms with Gasteiger partial charge in [-0.15, -0.1) is 0 Å². The van der Waals surface area contributed by atoms with Crippen LogP contribution >= 0.6 is 0 Å². The van der Waals surface area contributed by atoms with E-state index < -0.39 is 17.5 Å². The van der Waals surface area contributed by atoms with Gasteiger partial charge >= 0.3 is 0 Å². The van der Waals surface area contributed by atoms with Crippen molar-refractivity contribution in [1.29, 1.82) is 0 Å². The van der Waals surface area contributed by atoms with Crippen molar-refractivity contribution in [3.05, 3.63) is 35.4 Å². The van der Waals surface area contributed by atoms with Crippen LogP contribution in [0.15, 0.2) is 18.2 Å². The molecule has 1 aromatic carbocycles. The molecule has 7 heteroatoms. The number of piperidine rings is 1. The van der Waals surface area contributed by atoms with Crippen molar-refractivity contribution >= 4 is 11.8 Å². The fourth-order valence-electron chi connectivity index (χ4n) is 3.74. The van der Waals surface area contributed by atoms with Crippen molar-refractivity contribution in [3.63, 3.8) is 0 Å². The fraction of sp³-hybridized carbons (Fsp3) is 0.556. The summed E-state index contributed by atoms with van der Waals surface area (Å²) in [7, 11) is 0. The maximum atomic E-state index is 13.8. The average Bonchev–Trinajstić information content (AvgIpc) is 3.03. The zero-order valence-corrected chi connectivity index (χ0v) is 13.9. The zero-order valence-electron chi connectivity index (χ0n) is 13.9. The number of amides is 2. The Balaban J connectivity index is 1.55. The van der Waals surface area contributed by atoms with Crippen LogP contribution in [0.4, 0.5) is 8.78 Å². The Labute approximate surface area is 145 Å². The van der Waals surface area contributed by atoms with E-state index in [2.05, 4.69) is 0 Å². The van der Waals surface area contributed by atoms with E-state index in [1.807, 2.05) is 0 Å². The molecule has 0 bridgehead atoms. The summed E-state index contributed by atoms with van der Waals surface area (Å²) in [6.45, 7) is 1.57. The summed E-state index contributed by atoms with van der Waals surface area (Å²) in [6, 6.07) is 2.99. The summed E-state index contributed by atoms with van der Waals surface area (Å²) in [5.41, 5.74) is 5.31. The van der Waals surface area contributed by atoms with Crippen LogP contribution in [0, 0.1) is 23.5 Å². The molecule has 0 unspecified atom stereocenters. The first-order valence-corrected chi connectivity index (χ1v) is 8.61. The Morgan fingerprint density at radius 1 is 1.20 bits per heavy atom. The summed E-state index contributed by atoms with van der Waals surface area (Å²) in [6.07, 6.45) is 2.81. The second-order valence-corrected chi connectivity index (χ2v) is 6.80. The molecule has 136 valence electrons. The third-order valence-corrected chi connectivity index (χ3v) is 5.20. The largest absolute Gasteiger partial charge is 0.377 e. The van der Waals surface area contributed by atoms with Crippen molar-refractivity contribution < 1.29 is 23.1 Å². The molecular weight excluding hydrogens is 330 g/mol. The number of hydrogen-bond acceptors (Lipinski definition) is 3. The van der Waals surface area contributed by atoms with Crippen molar-refractivity contribution in [3.8, 4) is 0 Å². The quantitative estimate of drug-likeness (QED) is 0.902. The maximum Gasteiger partial charge on any atom is 0.256 e. The van der Waals surface area contributed by atoms with Crippen LogP contribution in [0.25, 0.3) is 0 Å². The van der Waals surface area contributed by atoms with Gasteiger partial charge in [0.05, 0.1) is 17.6 Å². The van der Waals surface area contributed by atoms with Crippen LogP contribution in [-0.4, -0.2) is 42.5 Å². The Morgan fingerprint density at radius 2 is 1.92 bits per heavy atom. The van der Waals surface area contributed by atoms with Gasteiger partial charge in [0, 0.05) is 25.8 Å². The summed E-state index contributed by atoms with van der Waals surface area (Å²) < 4.78 is 32.4. The molecule has 2 saturated heterocycles. The molecule has 3 rings (SSSR count). The van der Waals surface area contributed by atoms with Gasteiger partial charge in [0.2, 0.25) is 5.91 Å². The van der Waals surface area contributed by atoms with E-state index in [1.165, 1.54) is 6.07 Å². The van der Waals surface area contributed by atoms with E-state index in [1.54, 1.807) is 4.90 Å². The van der Waals surface area contributed by atoms with Gasteiger partial charge in [-0.05, 0) is 43.7 Å². The van der Waals surface area contributed by atoms with E-state index in [0.717, 1.165) is 31.4 Å². The van der Waals surface area contributed by atoms with Crippen LogP contribution in [-0.2, 0) is 9.53 Å². The van der Waals surface area contributed by atoms with Gasteiger partial charge < -0.3 is 15.4 Å². The minimum absolute atomic E-state index is 0.104. The zero-order chi connectivity index (χ0) is 18.0.